The Hall–Kier alpha value is -2.11. The predicted octanol–water partition coefficient (Wildman–Crippen LogP) is 2.03. The lowest BCUT2D eigenvalue weighted by Gasteiger charge is -2.18. The van der Waals surface area contributed by atoms with E-state index in [0.29, 0.717) is 18.7 Å². The van der Waals surface area contributed by atoms with Crippen LogP contribution in [0.25, 0.3) is 0 Å². The quantitative estimate of drug-likeness (QED) is 0.892. The molecule has 1 saturated heterocycles. The number of carbonyl (C=O) groups is 2. The Balaban J connectivity index is 1.95. The van der Waals surface area contributed by atoms with E-state index in [9.17, 15) is 14.0 Å². The van der Waals surface area contributed by atoms with Crippen molar-refractivity contribution < 1.29 is 14.0 Å². The minimum atomic E-state index is -0.529. The number of amides is 3. The van der Waals surface area contributed by atoms with Crippen LogP contribution >= 0.6 is 0 Å². The molecule has 2 rings (SSSR count). The summed E-state index contributed by atoms with van der Waals surface area (Å²) in [4.78, 5) is 25.6. The lowest BCUT2D eigenvalue weighted by atomic mass is 10.2. The molecule has 21 heavy (non-hydrogen) atoms. The monoisotopic (exact) mass is 293 g/mol. The first kappa shape index (κ1) is 15.3. The second-order valence-electron chi connectivity index (χ2n) is 5.23. The van der Waals surface area contributed by atoms with Gasteiger partial charge in [0.1, 0.15) is 11.9 Å². The maximum Gasteiger partial charge on any atom is 0.315 e. The first-order valence-electron chi connectivity index (χ1n) is 7.15. The van der Waals surface area contributed by atoms with Gasteiger partial charge in [-0.25, -0.2) is 9.18 Å². The fourth-order valence-corrected chi connectivity index (χ4v) is 2.22. The molecular formula is C15H20FN3O2. The van der Waals surface area contributed by atoms with Crippen molar-refractivity contribution in [1.82, 2.24) is 10.6 Å². The normalized spacial score (nSPS) is 19.5. The molecule has 0 spiro atoms. The van der Waals surface area contributed by atoms with Crippen molar-refractivity contribution in [2.45, 2.75) is 38.8 Å². The van der Waals surface area contributed by atoms with Gasteiger partial charge >= 0.3 is 6.03 Å². The molecular weight excluding hydrogens is 273 g/mol. The third-order valence-electron chi connectivity index (χ3n) is 3.64. The van der Waals surface area contributed by atoms with Gasteiger partial charge in [0.05, 0.1) is 0 Å². The lowest BCUT2D eigenvalue weighted by molar-refractivity contribution is -0.118. The molecule has 1 aliphatic rings. The second kappa shape index (κ2) is 6.56. The van der Waals surface area contributed by atoms with Gasteiger partial charge in [0.2, 0.25) is 5.91 Å². The summed E-state index contributed by atoms with van der Waals surface area (Å²) in [5.74, 6) is -0.506. The van der Waals surface area contributed by atoms with Crippen LogP contribution in [-0.2, 0) is 4.79 Å². The zero-order chi connectivity index (χ0) is 15.4. The number of anilines is 1. The average Bonchev–Trinajstić information content (AvgIpc) is 2.81. The van der Waals surface area contributed by atoms with Crippen LogP contribution in [0.5, 0.6) is 0 Å². The minimum Gasteiger partial charge on any atom is -0.336 e. The van der Waals surface area contributed by atoms with E-state index in [2.05, 4.69) is 10.6 Å². The van der Waals surface area contributed by atoms with Crippen molar-refractivity contribution in [2.24, 2.45) is 0 Å². The van der Waals surface area contributed by atoms with Crippen molar-refractivity contribution in [3.8, 4) is 0 Å². The predicted molar refractivity (Wildman–Crippen MR) is 78.6 cm³/mol. The summed E-state index contributed by atoms with van der Waals surface area (Å²) in [6, 6.07) is 4.97. The molecule has 1 aromatic rings. The first-order chi connectivity index (χ1) is 10.0. The second-order valence-corrected chi connectivity index (χ2v) is 5.23. The highest BCUT2D eigenvalue weighted by Crippen LogP contribution is 2.21. The molecule has 5 nitrogen and oxygen atoms in total. The largest absolute Gasteiger partial charge is 0.336 e. The minimum absolute atomic E-state index is 0.0645. The Kier molecular flexibility index (Phi) is 4.77. The Morgan fingerprint density at radius 2 is 2.10 bits per heavy atom. The summed E-state index contributed by atoms with van der Waals surface area (Å²) in [6.45, 7) is 4.39. The van der Waals surface area contributed by atoms with Crippen LogP contribution in [0.3, 0.4) is 0 Å². The van der Waals surface area contributed by atoms with Crippen molar-refractivity contribution in [2.75, 3.05) is 11.4 Å². The van der Waals surface area contributed by atoms with Gasteiger partial charge < -0.3 is 15.5 Å². The van der Waals surface area contributed by atoms with Gasteiger partial charge in [-0.15, -0.1) is 0 Å². The summed E-state index contributed by atoms with van der Waals surface area (Å²) in [6.07, 6.45) is 1.37. The molecule has 0 aliphatic carbocycles. The average molecular weight is 293 g/mol. The Bertz CT molecular complexity index is 518. The molecule has 2 N–H and O–H groups in total. The highest BCUT2D eigenvalue weighted by atomic mass is 19.1. The van der Waals surface area contributed by atoms with Gasteiger partial charge in [0.15, 0.2) is 0 Å². The smallest absolute Gasteiger partial charge is 0.315 e. The van der Waals surface area contributed by atoms with E-state index in [0.717, 1.165) is 6.42 Å². The highest BCUT2D eigenvalue weighted by molar-refractivity contribution is 6.01. The molecule has 2 atom stereocenters. The summed E-state index contributed by atoms with van der Waals surface area (Å²) in [5.41, 5.74) is 0.646. The molecule has 0 radical (unpaired) electrons. The third kappa shape index (κ3) is 3.71. The van der Waals surface area contributed by atoms with E-state index in [1.807, 2.05) is 13.8 Å². The van der Waals surface area contributed by atoms with Crippen LogP contribution in [0, 0.1) is 5.82 Å². The number of urea groups is 1. The number of rotatable bonds is 4. The van der Waals surface area contributed by atoms with Gasteiger partial charge in [-0.3, -0.25) is 4.79 Å². The van der Waals surface area contributed by atoms with E-state index >= 15 is 0 Å². The number of hydrogen-bond donors (Lipinski definition) is 2. The van der Waals surface area contributed by atoms with Crippen LogP contribution < -0.4 is 15.5 Å². The standard InChI is InChI=1S/C15H20FN3O2/c1-3-10(2)17-15(21)18-13-8-9-19(14(13)20)12-6-4-11(16)5-7-12/h4-7,10,13H,3,8-9H2,1-2H3,(H2,17,18,21)/t10-,13-/m0/s1. The van der Waals surface area contributed by atoms with Crippen molar-refractivity contribution in [3.63, 3.8) is 0 Å². The molecule has 0 unspecified atom stereocenters. The molecule has 114 valence electrons. The number of benzene rings is 1. The zero-order valence-electron chi connectivity index (χ0n) is 12.2. The molecule has 1 aliphatic heterocycles. The Morgan fingerprint density at radius 3 is 2.71 bits per heavy atom. The fourth-order valence-electron chi connectivity index (χ4n) is 2.22. The van der Waals surface area contributed by atoms with Gasteiger partial charge in [-0.05, 0) is 44.0 Å². The molecule has 1 heterocycles. The number of nitrogens with zero attached hydrogens (tertiary/aromatic N) is 1. The van der Waals surface area contributed by atoms with Crippen molar-refractivity contribution >= 4 is 17.6 Å². The van der Waals surface area contributed by atoms with Crippen LogP contribution in [0.15, 0.2) is 24.3 Å². The summed E-state index contributed by atoms with van der Waals surface area (Å²) >= 11 is 0. The van der Waals surface area contributed by atoms with Crippen molar-refractivity contribution in [1.29, 1.82) is 0 Å². The van der Waals surface area contributed by atoms with E-state index in [-0.39, 0.29) is 23.8 Å². The molecule has 0 saturated carbocycles. The van der Waals surface area contributed by atoms with Gasteiger partial charge in [0.25, 0.3) is 0 Å². The summed E-state index contributed by atoms with van der Waals surface area (Å²) in [7, 11) is 0. The fraction of sp³-hybridized carbons (Fsp3) is 0.467. The third-order valence-corrected chi connectivity index (χ3v) is 3.64. The Labute approximate surface area is 123 Å². The highest BCUT2D eigenvalue weighted by Gasteiger charge is 2.33. The van der Waals surface area contributed by atoms with Crippen LogP contribution in [0.4, 0.5) is 14.9 Å². The van der Waals surface area contributed by atoms with Gasteiger partial charge in [-0.1, -0.05) is 6.92 Å². The number of halogens is 1. The van der Waals surface area contributed by atoms with E-state index < -0.39 is 6.04 Å². The summed E-state index contributed by atoms with van der Waals surface area (Å²) in [5, 5.41) is 5.46. The van der Waals surface area contributed by atoms with E-state index in [4.69, 9.17) is 0 Å². The van der Waals surface area contributed by atoms with Crippen LogP contribution in [0.2, 0.25) is 0 Å². The topological polar surface area (TPSA) is 61.4 Å². The number of carbonyl (C=O) groups excluding carboxylic acids is 2. The van der Waals surface area contributed by atoms with E-state index in [1.54, 1.807) is 17.0 Å². The molecule has 1 aromatic carbocycles. The Morgan fingerprint density at radius 1 is 1.43 bits per heavy atom. The van der Waals surface area contributed by atoms with Crippen LogP contribution in [0.1, 0.15) is 26.7 Å². The lowest BCUT2D eigenvalue weighted by Crippen LogP contribution is -2.48. The number of hydrogen-bond acceptors (Lipinski definition) is 2. The molecule has 0 aromatic heterocycles. The number of nitrogens with one attached hydrogen (secondary N) is 2. The molecule has 3 amide bonds. The maximum absolute atomic E-state index is 12.9. The van der Waals surface area contributed by atoms with E-state index in [1.165, 1.54) is 12.1 Å². The van der Waals surface area contributed by atoms with Gasteiger partial charge in [0, 0.05) is 18.3 Å². The van der Waals surface area contributed by atoms with Crippen LogP contribution in [-0.4, -0.2) is 30.6 Å². The molecule has 6 heteroatoms. The molecule has 1 fully saturated rings. The molecule has 0 bridgehead atoms. The summed E-state index contributed by atoms with van der Waals surface area (Å²) < 4.78 is 12.9. The zero-order valence-corrected chi connectivity index (χ0v) is 12.2. The first-order valence-corrected chi connectivity index (χ1v) is 7.15. The van der Waals surface area contributed by atoms with Crippen molar-refractivity contribution in [3.05, 3.63) is 30.1 Å². The van der Waals surface area contributed by atoms with Gasteiger partial charge in [-0.2, -0.15) is 0 Å². The SMILES string of the molecule is CC[C@H](C)NC(=O)N[C@H]1CCN(c2ccc(F)cc2)C1=O. The maximum atomic E-state index is 12.9.